The highest BCUT2D eigenvalue weighted by Crippen LogP contribution is 2.38. The molecule has 2 aromatic carbocycles. The number of rotatable bonds is 4. The fraction of sp³-hybridized carbons (Fsp3) is 0.263. The number of nitrogens with one attached hydrogen (secondary N) is 1. The number of anilines is 2. The van der Waals surface area contributed by atoms with Crippen molar-refractivity contribution in [3.63, 3.8) is 0 Å². The quantitative estimate of drug-likeness (QED) is 0.895. The molecule has 1 atom stereocenters. The van der Waals surface area contributed by atoms with Crippen molar-refractivity contribution >= 4 is 23.2 Å². The largest absolute Gasteiger partial charge is 0.505 e. The van der Waals surface area contributed by atoms with Crippen LogP contribution in [0, 0.1) is 5.82 Å². The molecule has 0 saturated carbocycles. The average Bonchev–Trinajstić information content (AvgIpc) is 2.96. The van der Waals surface area contributed by atoms with Gasteiger partial charge in [0.15, 0.2) is 11.6 Å². The fourth-order valence-corrected chi connectivity index (χ4v) is 3.17. The van der Waals surface area contributed by atoms with Crippen LogP contribution in [0.2, 0.25) is 0 Å². The summed E-state index contributed by atoms with van der Waals surface area (Å²) in [6.45, 7) is 2.07. The van der Waals surface area contributed by atoms with E-state index in [1.807, 2.05) is 24.3 Å². The number of phenols is 1. The van der Waals surface area contributed by atoms with Gasteiger partial charge in [-0.15, -0.1) is 0 Å². The minimum Gasteiger partial charge on any atom is -0.505 e. The second kappa shape index (κ2) is 6.93. The molecule has 0 aromatic heterocycles. The fourth-order valence-electron chi connectivity index (χ4n) is 3.17. The number of hydrogen-bond acceptors (Lipinski definition) is 3. The van der Waals surface area contributed by atoms with Crippen molar-refractivity contribution < 1.29 is 19.1 Å². The van der Waals surface area contributed by atoms with E-state index >= 15 is 0 Å². The number of nitrogens with zero attached hydrogens (tertiary/aromatic N) is 1. The number of hydrogen-bond donors (Lipinski definition) is 2. The predicted molar refractivity (Wildman–Crippen MR) is 93.1 cm³/mol. The Morgan fingerprint density at radius 1 is 1.24 bits per heavy atom. The van der Waals surface area contributed by atoms with E-state index in [1.165, 1.54) is 25.1 Å². The van der Waals surface area contributed by atoms with Crippen LogP contribution in [-0.2, 0) is 9.59 Å². The van der Waals surface area contributed by atoms with Crippen molar-refractivity contribution in [1.82, 2.24) is 0 Å². The lowest BCUT2D eigenvalue weighted by Gasteiger charge is -2.15. The lowest BCUT2D eigenvalue weighted by atomic mass is 9.96. The summed E-state index contributed by atoms with van der Waals surface area (Å²) in [5, 5.41) is 11.8. The Morgan fingerprint density at radius 2 is 2.00 bits per heavy atom. The van der Waals surface area contributed by atoms with Gasteiger partial charge in [-0.2, -0.15) is 0 Å². The van der Waals surface area contributed by atoms with Crippen LogP contribution in [0.4, 0.5) is 15.8 Å². The van der Waals surface area contributed by atoms with Gasteiger partial charge >= 0.3 is 0 Å². The Morgan fingerprint density at radius 3 is 2.76 bits per heavy atom. The number of para-hydroxylation sites is 1. The number of amides is 2. The van der Waals surface area contributed by atoms with Crippen LogP contribution in [0.25, 0.3) is 0 Å². The highest BCUT2D eigenvalue weighted by molar-refractivity contribution is 5.94. The normalized spacial score (nSPS) is 15.8. The maximum atomic E-state index is 13.7. The third-order valence-corrected chi connectivity index (χ3v) is 4.42. The van der Waals surface area contributed by atoms with E-state index in [0.29, 0.717) is 13.0 Å². The summed E-state index contributed by atoms with van der Waals surface area (Å²) in [5.74, 6) is -1.63. The average molecular weight is 342 g/mol. The predicted octanol–water partition coefficient (Wildman–Crippen LogP) is 3.40. The van der Waals surface area contributed by atoms with Gasteiger partial charge in [-0.05, 0) is 30.2 Å². The molecule has 0 bridgehead atoms. The first-order valence-corrected chi connectivity index (χ1v) is 8.11. The smallest absolute Gasteiger partial charge is 0.224 e. The van der Waals surface area contributed by atoms with Crippen molar-refractivity contribution in [2.45, 2.75) is 25.7 Å². The summed E-state index contributed by atoms with van der Waals surface area (Å²) in [4.78, 5) is 25.6. The van der Waals surface area contributed by atoms with E-state index in [0.717, 1.165) is 11.3 Å². The molecule has 1 unspecified atom stereocenters. The third kappa shape index (κ3) is 3.47. The molecule has 0 aliphatic carbocycles. The molecule has 0 fully saturated rings. The molecule has 3 rings (SSSR count). The summed E-state index contributed by atoms with van der Waals surface area (Å²) in [6.07, 6.45) is 0.743. The van der Waals surface area contributed by atoms with E-state index in [9.17, 15) is 19.1 Å². The lowest BCUT2D eigenvalue weighted by Crippen LogP contribution is -2.27. The Labute approximate surface area is 145 Å². The second-order valence-electron chi connectivity index (χ2n) is 6.11. The number of halogens is 1. The molecule has 2 aromatic rings. The van der Waals surface area contributed by atoms with Gasteiger partial charge in [0.25, 0.3) is 0 Å². The summed E-state index contributed by atoms with van der Waals surface area (Å²) >= 11 is 0. The highest BCUT2D eigenvalue weighted by Gasteiger charge is 2.30. The van der Waals surface area contributed by atoms with Crippen molar-refractivity contribution in [1.29, 1.82) is 0 Å². The minimum atomic E-state index is -0.843. The van der Waals surface area contributed by atoms with Crippen molar-refractivity contribution in [2.24, 2.45) is 0 Å². The Balaban J connectivity index is 1.65. The van der Waals surface area contributed by atoms with Gasteiger partial charge in [0.1, 0.15) is 0 Å². The zero-order valence-electron chi connectivity index (χ0n) is 13.8. The first-order valence-electron chi connectivity index (χ1n) is 8.11. The number of benzene rings is 2. The number of fused-ring (bicyclic) bond motifs is 1. The minimum absolute atomic E-state index is 0.0266. The molecule has 0 radical (unpaired) electrons. The first-order chi connectivity index (χ1) is 12.0. The summed E-state index contributed by atoms with van der Waals surface area (Å²) in [5.41, 5.74) is 1.90. The van der Waals surface area contributed by atoms with Gasteiger partial charge < -0.3 is 15.3 Å². The van der Waals surface area contributed by atoms with Crippen molar-refractivity contribution in [3.8, 4) is 5.75 Å². The zero-order valence-corrected chi connectivity index (χ0v) is 13.8. The Kier molecular flexibility index (Phi) is 4.70. The van der Waals surface area contributed by atoms with Crippen LogP contribution < -0.4 is 10.2 Å². The van der Waals surface area contributed by atoms with Gasteiger partial charge in [0.2, 0.25) is 11.8 Å². The molecule has 25 heavy (non-hydrogen) atoms. The van der Waals surface area contributed by atoms with Gasteiger partial charge in [-0.3, -0.25) is 9.59 Å². The van der Waals surface area contributed by atoms with Crippen LogP contribution in [-0.4, -0.2) is 23.5 Å². The SMILES string of the molecule is CC(=O)N1CC(CCC(=O)Nc2cccc(O)c2F)c2ccccc21. The molecule has 0 saturated heterocycles. The molecular formula is C19H19FN2O3. The number of carbonyl (C=O) groups is 2. The van der Waals surface area contributed by atoms with E-state index < -0.39 is 11.6 Å². The van der Waals surface area contributed by atoms with Crippen LogP contribution in [0.15, 0.2) is 42.5 Å². The molecule has 1 aliphatic heterocycles. The first kappa shape index (κ1) is 17.0. The van der Waals surface area contributed by atoms with Gasteiger partial charge in [-0.1, -0.05) is 24.3 Å². The second-order valence-corrected chi connectivity index (χ2v) is 6.11. The van der Waals surface area contributed by atoms with Crippen LogP contribution in [0.3, 0.4) is 0 Å². The maximum absolute atomic E-state index is 13.7. The van der Waals surface area contributed by atoms with Gasteiger partial charge in [0.05, 0.1) is 5.69 Å². The molecule has 5 nitrogen and oxygen atoms in total. The maximum Gasteiger partial charge on any atom is 0.224 e. The van der Waals surface area contributed by atoms with Crippen LogP contribution in [0.1, 0.15) is 31.2 Å². The van der Waals surface area contributed by atoms with E-state index in [2.05, 4.69) is 5.32 Å². The van der Waals surface area contributed by atoms with Crippen LogP contribution in [0.5, 0.6) is 5.75 Å². The van der Waals surface area contributed by atoms with Gasteiger partial charge in [-0.25, -0.2) is 4.39 Å². The monoisotopic (exact) mass is 342 g/mol. The zero-order chi connectivity index (χ0) is 18.0. The summed E-state index contributed by atoms with van der Waals surface area (Å²) in [6, 6.07) is 11.7. The lowest BCUT2D eigenvalue weighted by molar-refractivity contribution is -0.116. The number of phenolic OH excluding ortho intramolecular Hbond substituents is 1. The van der Waals surface area contributed by atoms with Crippen molar-refractivity contribution in [3.05, 3.63) is 53.8 Å². The highest BCUT2D eigenvalue weighted by atomic mass is 19.1. The molecule has 1 aliphatic rings. The summed E-state index contributed by atoms with van der Waals surface area (Å²) in [7, 11) is 0. The molecule has 2 amide bonds. The Hall–Kier alpha value is -2.89. The number of aromatic hydroxyl groups is 1. The molecule has 6 heteroatoms. The van der Waals surface area contributed by atoms with Crippen molar-refractivity contribution in [2.75, 3.05) is 16.8 Å². The third-order valence-electron chi connectivity index (χ3n) is 4.42. The topological polar surface area (TPSA) is 69.6 Å². The van der Waals surface area contributed by atoms with E-state index in [4.69, 9.17) is 0 Å². The molecule has 1 heterocycles. The molecule has 130 valence electrons. The Bertz CT molecular complexity index is 822. The van der Waals surface area contributed by atoms with Crippen LogP contribution >= 0.6 is 0 Å². The number of carbonyl (C=O) groups excluding carboxylic acids is 2. The molecular weight excluding hydrogens is 323 g/mol. The van der Waals surface area contributed by atoms with Gasteiger partial charge in [0, 0.05) is 31.5 Å². The molecule has 2 N–H and O–H groups in total. The molecule has 0 spiro atoms. The van der Waals surface area contributed by atoms with E-state index in [1.54, 1.807) is 4.90 Å². The standard InChI is InChI=1S/C19H19FN2O3/c1-12(23)22-11-13(14-5-2-3-7-16(14)22)9-10-18(25)21-15-6-4-8-17(24)19(15)20/h2-8,13,24H,9-11H2,1H3,(H,21,25). The van der Waals surface area contributed by atoms with E-state index in [-0.39, 0.29) is 29.8 Å². The summed E-state index contributed by atoms with van der Waals surface area (Å²) < 4.78 is 13.7.